The van der Waals surface area contributed by atoms with Crippen LogP contribution >= 0.6 is 22.7 Å². The number of nitrogens with zero attached hydrogens (tertiary/aromatic N) is 5. The Hall–Kier alpha value is -3.53. The molecule has 40 heavy (non-hydrogen) atoms. The molecule has 4 N–H and O–H groups in total. The van der Waals surface area contributed by atoms with Crippen molar-refractivity contribution >= 4 is 39.1 Å². The van der Waals surface area contributed by atoms with Gasteiger partial charge < -0.3 is 30.6 Å². The number of aromatic nitrogens is 3. The molecule has 4 heterocycles. The maximum Gasteiger partial charge on any atom is 0.279 e. The Balaban J connectivity index is 1.38. The highest BCUT2D eigenvalue weighted by Crippen LogP contribution is 2.52. The standard InChI is InChI=1S/C28H31N7O3S2/c1-35-11-4-5-16(35)15-37-20-13-21(38-27-32-10-12-39-27)34-26(33-20)23(36)17-6-2-8-28(24(17)30)9-3-7-19-22(28)18(14-29)25(31)40-19/h10,12-13,16,30,36H,2-9,11,15,31H2,1H3/b23-17-,30-24?/t16-,28-/m0/s1. The highest BCUT2D eigenvalue weighted by Gasteiger charge is 2.47. The van der Waals surface area contributed by atoms with Crippen LogP contribution in [0.25, 0.3) is 5.76 Å². The Morgan fingerprint density at radius 3 is 2.80 bits per heavy atom. The normalized spacial score (nSPS) is 24.1. The number of aliphatic hydroxyl groups is 1. The molecule has 2 fully saturated rings. The summed E-state index contributed by atoms with van der Waals surface area (Å²) in [5, 5.41) is 33.6. The van der Waals surface area contributed by atoms with E-state index in [0.717, 1.165) is 61.9 Å². The number of aliphatic hydroxyl groups excluding tert-OH is 1. The fourth-order valence-electron chi connectivity index (χ4n) is 6.30. The van der Waals surface area contributed by atoms with Crippen molar-refractivity contribution in [2.24, 2.45) is 0 Å². The zero-order valence-corrected chi connectivity index (χ0v) is 23.9. The summed E-state index contributed by atoms with van der Waals surface area (Å²) in [7, 11) is 2.08. The van der Waals surface area contributed by atoms with Crippen LogP contribution in [-0.2, 0) is 11.8 Å². The molecule has 0 aromatic carbocycles. The molecular weight excluding hydrogens is 546 g/mol. The van der Waals surface area contributed by atoms with E-state index >= 15 is 0 Å². The summed E-state index contributed by atoms with van der Waals surface area (Å²) in [6.45, 7) is 1.49. The first-order chi connectivity index (χ1) is 19.4. The predicted molar refractivity (Wildman–Crippen MR) is 155 cm³/mol. The maximum absolute atomic E-state index is 11.6. The number of nitrogens with one attached hydrogen (secondary N) is 1. The van der Waals surface area contributed by atoms with Gasteiger partial charge in [0.1, 0.15) is 17.7 Å². The lowest BCUT2D eigenvalue weighted by molar-refractivity contribution is 0.192. The first-order valence-electron chi connectivity index (χ1n) is 13.5. The summed E-state index contributed by atoms with van der Waals surface area (Å²) in [6.07, 6.45) is 8.29. The quantitative estimate of drug-likeness (QED) is 0.324. The molecule has 0 unspecified atom stereocenters. The monoisotopic (exact) mass is 577 g/mol. The van der Waals surface area contributed by atoms with E-state index in [1.165, 1.54) is 22.7 Å². The van der Waals surface area contributed by atoms with E-state index in [-0.39, 0.29) is 23.5 Å². The fraction of sp³-hybridized carbons (Fsp3) is 0.464. The van der Waals surface area contributed by atoms with Crippen LogP contribution < -0.4 is 15.2 Å². The van der Waals surface area contributed by atoms with Crippen LogP contribution in [0.15, 0.2) is 23.2 Å². The van der Waals surface area contributed by atoms with Gasteiger partial charge in [-0.25, -0.2) is 4.98 Å². The SMILES string of the molecule is CN1CCC[C@H]1COc1cc(Oc2nccs2)nc(/C(O)=C2\CCC[C@@]3(CCCc4sc(N)c(C#N)c43)C2=N)n1. The Bertz CT molecular complexity index is 1510. The van der Waals surface area contributed by atoms with Gasteiger partial charge in [0.05, 0.1) is 11.6 Å². The number of nitriles is 1. The van der Waals surface area contributed by atoms with Crippen LogP contribution in [0.5, 0.6) is 17.0 Å². The Morgan fingerprint density at radius 2 is 2.08 bits per heavy atom. The number of rotatable bonds is 6. The third-order valence-corrected chi connectivity index (χ3v) is 10.0. The van der Waals surface area contributed by atoms with E-state index in [9.17, 15) is 15.8 Å². The van der Waals surface area contributed by atoms with Crippen molar-refractivity contribution in [2.75, 3.05) is 25.9 Å². The van der Waals surface area contributed by atoms with Gasteiger partial charge in [-0.2, -0.15) is 15.2 Å². The Morgan fingerprint density at radius 1 is 1.27 bits per heavy atom. The van der Waals surface area contributed by atoms with Gasteiger partial charge in [-0.05, 0) is 70.5 Å². The molecule has 0 radical (unpaired) electrons. The van der Waals surface area contributed by atoms with Crippen LogP contribution in [0.3, 0.4) is 0 Å². The lowest BCUT2D eigenvalue weighted by Crippen LogP contribution is -2.42. The van der Waals surface area contributed by atoms with Crippen molar-refractivity contribution in [3.8, 4) is 23.0 Å². The highest BCUT2D eigenvalue weighted by atomic mass is 32.1. The largest absolute Gasteiger partial charge is 0.504 e. The second kappa shape index (κ2) is 10.8. The van der Waals surface area contributed by atoms with E-state index in [0.29, 0.717) is 46.0 Å². The van der Waals surface area contributed by atoms with E-state index in [4.69, 9.17) is 15.2 Å². The number of ether oxygens (including phenoxy) is 2. The zero-order valence-electron chi connectivity index (χ0n) is 22.3. The Kier molecular flexibility index (Phi) is 7.20. The van der Waals surface area contributed by atoms with Gasteiger partial charge >= 0.3 is 0 Å². The second-order valence-electron chi connectivity index (χ2n) is 10.6. The van der Waals surface area contributed by atoms with Gasteiger partial charge in [-0.15, -0.1) is 11.3 Å². The number of likely N-dealkylation sites (N-methyl/N-ethyl adjacent to an activating group) is 1. The summed E-state index contributed by atoms with van der Waals surface area (Å²) < 4.78 is 12.0. The van der Waals surface area contributed by atoms with Crippen LogP contribution in [0.1, 0.15) is 66.8 Å². The fourth-order valence-corrected chi connectivity index (χ4v) is 7.96. The number of hydrogen-bond donors (Lipinski definition) is 3. The number of nitrogen functional groups attached to an aromatic ring is 1. The number of anilines is 1. The van der Waals surface area contributed by atoms with E-state index in [1.54, 1.807) is 17.6 Å². The number of likely N-dealkylation sites (tertiary alicyclic amines) is 1. The molecular formula is C28H31N7O3S2. The van der Waals surface area contributed by atoms with Crippen molar-refractivity contribution < 1.29 is 14.6 Å². The number of thiophene rings is 1. The molecule has 3 aromatic rings. The van der Waals surface area contributed by atoms with Gasteiger partial charge in [0, 0.05) is 39.2 Å². The molecule has 0 amide bonds. The highest BCUT2D eigenvalue weighted by molar-refractivity contribution is 7.16. The number of fused-ring (bicyclic) bond motifs is 2. The predicted octanol–water partition coefficient (Wildman–Crippen LogP) is 5.46. The zero-order chi connectivity index (χ0) is 27.9. The van der Waals surface area contributed by atoms with Crippen molar-refractivity contribution in [1.29, 1.82) is 10.7 Å². The summed E-state index contributed by atoms with van der Waals surface area (Å²) >= 11 is 2.78. The van der Waals surface area contributed by atoms with Gasteiger partial charge in [-0.3, -0.25) is 0 Å². The third-order valence-electron chi connectivity index (χ3n) is 8.29. The molecule has 3 aliphatic rings. The minimum Gasteiger partial charge on any atom is -0.504 e. The molecule has 1 aliphatic heterocycles. The van der Waals surface area contributed by atoms with Gasteiger partial charge in [0.15, 0.2) is 5.76 Å². The van der Waals surface area contributed by atoms with Crippen molar-refractivity contribution in [2.45, 2.75) is 62.8 Å². The van der Waals surface area contributed by atoms with Crippen LogP contribution in [0.4, 0.5) is 5.00 Å². The van der Waals surface area contributed by atoms with E-state index in [1.807, 2.05) is 0 Å². The number of thiazole rings is 1. The number of nitrogens with two attached hydrogens (primary N) is 1. The van der Waals surface area contributed by atoms with Crippen LogP contribution in [-0.4, -0.2) is 56.9 Å². The molecule has 208 valence electrons. The summed E-state index contributed by atoms with van der Waals surface area (Å²) in [6, 6.07) is 4.18. The molecule has 3 aromatic heterocycles. The van der Waals surface area contributed by atoms with Gasteiger partial charge in [0.25, 0.3) is 5.19 Å². The van der Waals surface area contributed by atoms with Crippen LogP contribution in [0, 0.1) is 16.7 Å². The van der Waals surface area contributed by atoms with Gasteiger partial charge in [-0.1, -0.05) is 11.3 Å². The van der Waals surface area contributed by atoms with E-state index in [2.05, 4.69) is 33.0 Å². The van der Waals surface area contributed by atoms with Gasteiger partial charge in [0.2, 0.25) is 17.6 Å². The molecule has 1 saturated carbocycles. The third kappa shape index (κ3) is 4.72. The molecule has 2 atom stereocenters. The summed E-state index contributed by atoms with van der Waals surface area (Å²) in [4.78, 5) is 16.6. The number of allylic oxidation sites excluding steroid dienone is 1. The lowest BCUT2D eigenvalue weighted by atomic mass is 9.60. The molecule has 0 bridgehead atoms. The molecule has 12 heteroatoms. The average Bonchev–Trinajstić information content (AvgIpc) is 3.69. The van der Waals surface area contributed by atoms with Crippen molar-refractivity contribution in [3.05, 3.63) is 45.0 Å². The molecule has 2 aliphatic carbocycles. The van der Waals surface area contributed by atoms with Crippen molar-refractivity contribution in [3.63, 3.8) is 0 Å². The van der Waals surface area contributed by atoms with Crippen LogP contribution in [0.2, 0.25) is 0 Å². The topological polar surface area (TPSA) is 154 Å². The van der Waals surface area contributed by atoms with Crippen molar-refractivity contribution in [1.82, 2.24) is 19.9 Å². The smallest absolute Gasteiger partial charge is 0.279 e. The minimum absolute atomic E-state index is 0.0435. The first kappa shape index (κ1) is 26.7. The second-order valence-corrected chi connectivity index (χ2v) is 12.6. The minimum atomic E-state index is -0.657. The summed E-state index contributed by atoms with van der Waals surface area (Å²) in [5.41, 5.74) is 7.74. The molecule has 1 spiro atoms. The number of hydrogen-bond acceptors (Lipinski definition) is 12. The number of aryl methyl sites for hydroxylation is 1. The average molecular weight is 578 g/mol. The first-order valence-corrected chi connectivity index (χ1v) is 15.2. The summed E-state index contributed by atoms with van der Waals surface area (Å²) in [5.74, 6) is 0.377. The maximum atomic E-state index is 11.6. The molecule has 6 rings (SSSR count). The molecule has 1 saturated heterocycles. The van der Waals surface area contributed by atoms with E-state index < -0.39 is 5.41 Å². The Labute approximate surface area is 240 Å². The lowest BCUT2D eigenvalue weighted by Gasteiger charge is -2.42. The molecule has 10 nitrogen and oxygen atoms in total.